The van der Waals surface area contributed by atoms with E-state index in [9.17, 15) is 0 Å². The van der Waals surface area contributed by atoms with Gasteiger partial charge < -0.3 is 10.3 Å². The van der Waals surface area contributed by atoms with Gasteiger partial charge in [0, 0.05) is 18.7 Å². The lowest BCUT2D eigenvalue weighted by atomic mass is 10.1. The van der Waals surface area contributed by atoms with Gasteiger partial charge in [-0.2, -0.15) is 5.26 Å². The fourth-order valence-electron chi connectivity index (χ4n) is 2.03. The maximum absolute atomic E-state index is 8.78. The summed E-state index contributed by atoms with van der Waals surface area (Å²) in [5.41, 5.74) is 3.60. The third-order valence-corrected chi connectivity index (χ3v) is 2.79. The topological polar surface area (TPSA) is 90.9 Å². The molecule has 0 aliphatic heterocycles. The van der Waals surface area contributed by atoms with Crippen molar-refractivity contribution in [2.45, 2.75) is 33.6 Å². The zero-order chi connectivity index (χ0) is 14.3. The standard InChI is InChI=1S/C13H22N6/c1-4-11-12(18-15)16-9-17-13(11)19(7-5-6-14)8-10(2)3/h9-10H,4-5,7-8,15H2,1-3H3,(H,16,17,18). The minimum atomic E-state index is 0.477. The Balaban J connectivity index is 3.09. The van der Waals surface area contributed by atoms with E-state index in [-0.39, 0.29) is 0 Å². The summed E-state index contributed by atoms with van der Waals surface area (Å²) in [6.07, 6.45) is 2.77. The quantitative estimate of drug-likeness (QED) is 0.574. The number of nitrogens with two attached hydrogens (primary N) is 1. The van der Waals surface area contributed by atoms with Gasteiger partial charge in [-0.3, -0.25) is 0 Å². The molecule has 0 aliphatic carbocycles. The van der Waals surface area contributed by atoms with E-state index in [2.05, 4.69) is 40.2 Å². The summed E-state index contributed by atoms with van der Waals surface area (Å²) in [6, 6.07) is 2.18. The number of aromatic nitrogens is 2. The number of hydrogen-bond acceptors (Lipinski definition) is 6. The molecule has 6 heteroatoms. The van der Waals surface area contributed by atoms with Crippen LogP contribution in [-0.4, -0.2) is 23.1 Å². The Hall–Kier alpha value is -1.87. The Bertz CT molecular complexity index is 437. The average molecular weight is 262 g/mol. The van der Waals surface area contributed by atoms with Gasteiger partial charge in [0.15, 0.2) is 0 Å². The summed E-state index contributed by atoms with van der Waals surface area (Å²) in [7, 11) is 0. The van der Waals surface area contributed by atoms with Crippen LogP contribution < -0.4 is 16.2 Å². The first kappa shape index (κ1) is 15.2. The predicted molar refractivity (Wildman–Crippen MR) is 76.5 cm³/mol. The highest BCUT2D eigenvalue weighted by atomic mass is 15.3. The molecule has 1 aromatic rings. The van der Waals surface area contributed by atoms with Crippen LogP contribution in [0.25, 0.3) is 0 Å². The lowest BCUT2D eigenvalue weighted by Gasteiger charge is -2.27. The number of nitrogen functional groups attached to an aromatic ring is 1. The van der Waals surface area contributed by atoms with E-state index in [1.807, 2.05) is 6.92 Å². The molecule has 6 nitrogen and oxygen atoms in total. The second-order valence-electron chi connectivity index (χ2n) is 4.77. The van der Waals surface area contributed by atoms with Gasteiger partial charge in [-0.15, -0.1) is 0 Å². The molecule has 0 fully saturated rings. The van der Waals surface area contributed by atoms with Crippen LogP contribution in [0.4, 0.5) is 11.6 Å². The van der Waals surface area contributed by atoms with Crippen molar-refractivity contribution >= 4 is 11.6 Å². The number of hydrazine groups is 1. The SMILES string of the molecule is CCc1c(NN)ncnc1N(CCC#N)CC(C)C. The number of nitrogens with zero attached hydrogens (tertiary/aromatic N) is 4. The van der Waals surface area contributed by atoms with Gasteiger partial charge in [-0.25, -0.2) is 15.8 Å². The molecule has 1 heterocycles. The molecule has 19 heavy (non-hydrogen) atoms. The van der Waals surface area contributed by atoms with Crippen LogP contribution >= 0.6 is 0 Å². The van der Waals surface area contributed by atoms with E-state index >= 15 is 0 Å². The first-order valence-electron chi connectivity index (χ1n) is 6.56. The molecule has 0 aromatic carbocycles. The second-order valence-corrected chi connectivity index (χ2v) is 4.77. The number of anilines is 2. The molecular weight excluding hydrogens is 240 g/mol. The highest BCUT2D eigenvalue weighted by molar-refractivity contribution is 5.58. The molecule has 104 valence electrons. The number of nitriles is 1. The molecule has 0 amide bonds. The van der Waals surface area contributed by atoms with Gasteiger partial charge in [0.2, 0.25) is 0 Å². The molecule has 1 rings (SSSR count). The molecule has 0 aliphatic rings. The molecule has 3 N–H and O–H groups in total. The van der Waals surface area contributed by atoms with Gasteiger partial charge in [-0.05, 0) is 12.3 Å². The molecule has 1 aromatic heterocycles. The second kappa shape index (κ2) is 7.54. The zero-order valence-corrected chi connectivity index (χ0v) is 11.8. The number of hydrogen-bond donors (Lipinski definition) is 2. The van der Waals surface area contributed by atoms with Gasteiger partial charge in [0.1, 0.15) is 18.0 Å². The Morgan fingerprint density at radius 2 is 2.21 bits per heavy atom. The van der Waals surface area contributed by atoms with E-state index in [0.29, 0.717) is 24.7 Å². The maximum atomic E-state index is 8.78. The van der Waals surface area contributed by atoms with Crippen LogP contribution in [0, 0.1) is 17.2 Å². The van der Waals surface area contributed by atoms with E-state index in [1.165, 1.54) is 6.33 Å². The minimum absolute atomic E-state index is 0.477. The highest BCUT2D eigenvalue weighted by Gasteiger charge is 2.16. The summed E-state index contributed by atoms with van der Waals surface area (Å²) in [5.74, 6) is 7.50. The van der Waals surface area contributed by atoms with Gasteiger partial charge >= 0.3 is 0 Å². The van der Waals surface area contributed by atoms with Crippen LogP contribution in [-0.2, 0) is 6.42 Å². The average Bonchev–Trinajstić information content (AvgIpc) is 2.41. The summed E-state index contributed by atoms with van der Waals surface area (Å²) < 4.78 is 0. The fraction of sp³-hybridized carbons (Fsp3) is 0.615. The van der Waals surface area contributed by atoms with E-state index < -0.39 is 0 Å². The maximum Gasteiger partial charge on any atom is 0.148 e. The van der Waals surface area contributed by atoms with Crippen molar-refractivity contribution in [2.75, 3.05) is 23.4 Å². The van der Waals surface area contributed by atoms with Crippen molar-refractivity contribution in [3.05, 3.63) is 11.9 Å². The van der Waals surface area contributed by atoms with Gasteiger partial charge in [-0.1, -0.05) is 20.8 Å². The van der Waals surface area contributed by atoms with Crippen molar-refractivity contribution in [3.63, 3.8) is 0 Å². The summed E-state index contributed by atoms with van der Waals surface area (Å²) in [4.78, 5) is 10.6. The van der Waals surface area contributed by atoms with Crippen LogP contribution in [0.2, 0.25) is 0 Å². The lowest BCUT2D eigenvalue weighted by Crippen LogP contribution is -2.31. The first-order chi connectivity index (χ1) is 9.13. The Labute approximate surface area is 114 Å². The predicted octanol–water partition coefficient (Wildman–Crippen LogP) is 1.70. The largest absolute Gasteiger partial charge is 0.355 e. The highest BCUT2D eigenvalue weighted by Crippen LogP contribution is 2.24. The normalized spacial score (nSPS) is 10.3. The summed E-state index contributed by atoms with van der Waals surface area (Å²) in [6.45, 7) is 7.86. The zero-order valence-electron chi connectivity index (χ0n) is 11.8. The van der Waals surface area contributed by atoms with Crippen molar-refractivity contribution in [1.82, 2.24) is 9.97 Å². The Morgan fingerprint density at radius 1 is 1.47 bits per heavy atom. The fourth-order valence-corrected chi connectivity index (χ4v) is 2.03. The monoisotopic (exact) mass is 262 g/mol. The van der Waals surface area contributed by atoms with Crippen LogP contribution in [0.1, 0.15) is 32.8 Å². The Morgan fingerprint density at radius 3 is 2.74 bits per heavy atom. The minimum Gasteiger partial charge on any atom is -0.355 e. The van der Waals surface area contributed by atoms with Crippen LogP contribution in [0.15, 0.2) is 6.33 Å². The third-order valence-electron chi connectivity index (χ3n) is 2.79. The van der Waals surface area contributed by atoms with Crippen molar-refractivity contribution < 1.29 is 0 Å². The molecule has 0 saturated heterocycles. The lowest BCUT2D eigenvalue weighted by molar-refractivity contribution is 0.605. The molecule has 0 unspecified atom stereocenters. The van der Waals surface area contributed by atoms with E-state index in [4.69, 9.17) is 11.1 Å². The van der Waals surface area contributed by atoms with Gasteiger partial charge in [0.05, 0.1) is 12.5 Å². The van der Waals surface area contributed by atoms with E-state index in [0.717, 1.165) is 24.3 Å². The van der Waals surface area contributed by atoms with Crippen LogP contribution in [0.5, 0.6) is 0 Å². The van der Waals surface area contributed by atoms with Gasteiger partial charge in [0.25, 0.3) is 0 Å². The molecule has 0 atom stereocenters. The van der Waals surface area contributed by atoms with Crippen LogP contribution in [0.3, 0.4) is 0 Å². The molecule has 0 spiro atoms. The van der Waals surface area contributed by atoms with Crippen molar-refractivity contribution in [1.29, 1.82) is 5.26 Å². The first-order valence-corrected chi connectivity index (χ1v) is 6.56. The molecule has 0 radical (unpaired) electrons. The third kappa shape index (κ3) is 4.07. The molecule has 0 bridgehead atoms. The Kier molecular flexibility index (Phi) is 6.03. The molecular formula is C13H22N6. The number of nitrogens with one attached hydrogen (secondary N) is 1. The van der Waals surface area contributed by atoms with Crippen molar-refractivity contribution in [3.8, 4) is 6.07 Å². The smallest absolute Gasteiger partial charge is 0.148 e. The summed E-state index contributed by atoms with van der Waals surface area (Å²) in [5, 5.41) is 8.78. The number of rotatable bonds is 7. The molecule has 0 saturated carbocycles. The summed E-state index contributed by atoms with van der Waals surface area (Å²) >= 11 is 0. The van der Waals surface area contributed by atoms with Crippen molar-refractivity contribution in [2.24, 2.45) is 11.8 Å². The van der Waals surface area contributed by atoms with E-state index in [1.54, 1.807) is 0 Å².